The summed E-state index contributed by atoms with van der Waals surface area (Å²) in [4.78, 5) is 17.1. The van der Waals surface area contributed by atoms with Crippen molar-refractivity contribution >= 4 is 6.09 Å². The van der Waals surface area contributed by atoms with E-state index in [1.807, 2.05) is 11.8 Å². The quantitative estimate of drug-likeness (QED) is 0.826. The second kappa shape index (κ2) is 6.87. The number of carbonyl (C=O) groups excluding carboxylic acids is 1. The summed E-state index contributed by atoms with van der Waals surface area (Å²) in [5.74, 6) is 1.51. The molecule has 1 aromatic carbocycles. The normalized spacial score (nSPS) is 28.6. The van der Waals surface area contributed by atoms with E-state index >= 15 is 0 Å². The van der Waals surface area contributed by atoms with Gasteiger partial charge in [0.25, 0.3) is 0 Å². The Morgan fingerprint density at radius 1 is 1.32 bits per heavy atom. The highest BCUT2D eigenvalue weighted by molar-refractivity contribution is 5.68. The van der Waals surface area contributed by atoms with Gasteiger partial charge in [0.1, 0.15) is 5.75 Å². The van der Waals surface area contributed by atoms with Crippen molar-refractivity contribution in [2.75, 3.05) is 33.4 Å². The lowest BCUT2D eigenvalue weighted by Crippen LogP contribution is -2.57. The molecule has 0 bridgehead atoms. The molecule has 0 N–H and O–H groups in total. The average molecular weight is 344 g/mol. The molecule has 3 aliphatic heterocycles. The van der Waals surface area contributed by atoms with E-state index in [9.17, 15) is 4.79 Å². The topological polar surface area (TPSA) is 42.0 Å². The van der Waals surface area contributed by atoms with Crippen molar-refractivity contribution in [3.8, 4) is 5.75 Å². The molecule has 0 saturated carbocycles. The van der Waals surface area contributed by atoms with Crippen molar-refractivity contribution < 1.29 is 14.3 Å². The number of ether oxygens (including phenoxy) is 2. The first-order chi connectivity index (χ1) is 12.2. The van der Waals surface area contributed by atoms with E-state index in [1.165, 1.54) is 17.5 Å². The van der Waals surface area contributed by atoms with Crippen LogP contribution in [0.15, 0.2) is 18.2 Å². The molecule has 136 valence electrons. The van der Waals surface area contributed by atoms with Gasteiger partial charge in [0.2, 0.25) is 0 Å². The van der Waals surface area contributed by atoms with E-state index in [4.69, 9.17) is 9.47 Å². The minimum atomic E-state index is -0.128. The van der Waals surface area contributed by atoms with Gasteiger partial charge in [-0.2, -0.15) is 0 Å². The van der Waals surface area contributed by atoms with Gasteiger partial charge in [0.05, 0.1) is 13.7 Å². The lowest BCUT2D eigenvalue weighted by Gasteiger charge is -2.51. The predicted octanol–water partition coefficient (Wildman–Crippen LogP) is 3.24. The fourth-order valence-electron chi connectivity index (χ4n) is 4.99. The molecule has 3 atom stereocenters. The van der Waals surface area contributed by atoms with Gasteiger partial charge >= 0.3 is 6.09 Å². The van der Waals surface area contributed by atoms with Crippen LogP contribution >= 0.6 is 0 Å². The molecule has 4 rings (SSSR count). The largest absolute Gasteiger partial charge is 0.497 e. The van der Waals surface area contributed by atoms with Crippen LogP contribution in [0.3, 0.4) is 0 Å². The number of rotatable bonds is 2. The molecule has 1 amide bonds. The lowest BCUT2D eigenvalue weighted by atomic mass is 9.77. The number of benzene rings is 1. The second-order valence-electron chi connectivity index (χ2n) is 7.42. The van der Waals surface area contributed by atoms with E-state index < -0.39 is 0 Å². The molecule has 3 unspecified atom stereocenters. The SMILES string of the molecule is CCOC(=O)N1CCCC2CN3CCc4cc(OC)ccc4C3CC21. The maximum atomic E-state index is 12.4. The molecule has 0 aliphatic carbocycles. The van der Waals surface area contributed by atoms with E-state index in [0.717, 1.165) is 44.6 Å². The number of piperidine rings is 2. The van der Waals surface area contributed by atoms with Gasteiger partial charge in [0, 0.05) is 31.7 Å². The average Bonchev–Trinajstić information content (AvgIpc) is 2.65. The fraction of sp³-hybridized carbons (Fsp3) is 0.650. The predicted molar refractivity (Wildman–Crippen MR) is 95.9 cm³/mol. The number of methoxy groups -OCH3 is 1. The van der Waals surface area contributed by atoms with Crippen LogP contribution < -0.4 is 4.74 Å². The second-order valence-corrected chi connectivity index (χ2v) is 7.42. The third-order valence-corrected chi connectivity index (χ3v) is 6.17. The number of carbonyl (C=O) groups is 1. The van der Waals surface area contributed by atoms with Crippen LogP contribution in [0.5, 0.6) is 5.75 Å². The number of hydrogen-bond acceptors (Lipinski definition) is 4. The smallest absolute Gasteiger partial charge is 0.410 e. The molecule has 25 heavy (non-hydrogen) atoms. The molecule has 2 saturated heterocycles. The van der Waals surface area contributed by atoms with Crippen molar-refractivity contribution in [1.82, 2.24) is 9.80 Å². The number of amides is 1. The summed E-state index contributed by atoms with van der Waals surface area (Å²) in [6.07, 6.45) is 4.28. The standard InChI is InChI=1S/C20H28N2O3/c1-3-25-20(23)22-9-4-5-15-13-21-10-8-14-11-16(24-2)6-7-17(14)19(21)12-18(15)22/h6-7,11,15,18-19H,3-5,8-10,12-13H2,1-2H3. The summed E-state index contributed by atoms with van der Waals surface area (Å²) >= 11 is 0. The van der Waals surface area contributed by atoms with Gasteiger partial charge in [-0.1, -0.05) is 6.07 Å². The van der Waals surface area contributed by atoms with Crippen molar-refractivity contribution in [3.63, 3.8) is 0 Å². The van der Waals surface area contributed by atoms with Crippen molar-refractivity contribution in [2.45, 2.75) is 44.7 Å². The van der Waals surface area contributed by atoms with Crippen LogP contribution in [-0.4, -0.2) is 55.3 Å². The van der Waals surface area contributed by atoms with Gasteiger partial charge < -0.3 is 14.4 Å². The fourth-order valence-corrected chi connectivity index (χ4v) is 4.99. The first kappa shape index (κ1) is 16.7. The highest BCUT2D eigenvalue weighted by Crippen LogP contribution is 2.43. The molecular formula is C20H28N2O3. The summed E-state index contributed by atoms with van der Waals surface area (Å²) in [6.45, 7) is 5.37. The number of likely N-dealkylation sites (tertiary alicyclic amines) is 1. The summed E-state index contributed by atoms with van der Waals surface area (Å²) in [5, 5.41) is 0. The van der Waals surface area contributed by atoms with Gasteiger partial charge in [-0.3, -0.25) is 4.90 Å². The Hall–Kier alpha value is -1.75. The molecule has 5 heteroatoms. The highest BCUT2D eigenvalue weighted by atomic mass is 16.6. The Bertz CT molecular complexity index is 648. The number of fused-ring (bicyclic) bond motifs is 4. The van der Waals surface area contributed by atoms with Crippen LogP contribution in [0, 0.1) is 5.92 Å². The Morgan fingerprint density at radius 2 is 2.20 bits per heavy atom. The van der Waals surface area contributed by atoms with Crippen molar-refractivity contribution in [1.29, 1.82) is 0 Å². The summed E-state index contributed by atoms with van der Waals surface area (Å²) in [7, 11) is 1.72. The van der Waals surface area contributed by atoms with E-state index in [-0.39, 0.29) is 6.09 Å². The summed E-state index contributed by atoms with van der Waals surface area (Å²) < 4.78 is 10.7. The summed E-state index contributed by atoms with van der Waals surface area (Å²) in [5.41, 5.74) is 2.82. The molecule has 2 fully saturated rings. The van der Waals surface area contributed by atoms with Gasteiger partial charge in [0.15, 0.2) is 0 Å². The molecule has 1 aromatic rings. The van der Waals surface area contributed by atoms with Gasteiger partial charge in [-0.15, -0.1) is 0 Å². The summed E-state index contributed by atoms with van der Waals surface area (Å²) in [6, 6.07) is 7.19. The van der Waals surface area contributed by atoms with E-state index in [0.29, 0.717) is 24.6 Å². The molecular weight excluding hydrogens is 316 g/mol. The maximum absolute atomic E-state index is 12.4. The van der Waals surface area contributed by atoms with Crippen LogP contribution in [-0.2, 0) is 11.2 Å². The van der Waals surface area contributed by atoms with Crippen LogP contribution in [0.1, 0.15) is 43.4 Å². The maximum Gasteiger partial charge on any atom is 0.410 e. The zero-order chi connectivity index (χ0) is 17.4. The Morgan fingerprint density at radius 3 is 3.00 bits per heavy atom. The third kappa shape index (κ3) is 2.99. The molecule has 3 heterocycles. The number of nitrogens with zero attached hydrogens (tertiary/aromatic N) is 2. The van der Waals surface area contributed by atoms with Crippen LogP contribution in [0.25, 0.3) is 0 Å². The first-order valence-electron chi connectivity index (χ1n) is 9.55. The molecule has 0 aromatic heterocycles. The van der Waals surface area contributed by atoms with E-state index in [1.54, 1.807) is 7.11 Å². The van der Waals surface area contributed by atoms with Gasteiger partial charge in [-0.25, -0.2) is 4.79 Å². The lowest BCUT2D eigenvalue weighted by molar-refractivity contribution is -0.0115. The van der Waals surface area contributed by atoms with Crippen LogP contribution in [0.4, 0.5) is 4.79 Å². The highest BCUT2D eigenvalue weighted by Gasteiger charge is 2.44. The van der Waals surface area contributed by atoms with Crippen molar-refractivity contribution in [3.05, 3.63) is 29.3 Å². The Labute approximate surface area is 149 Å². The monoisotopic (exact) mass is 344 g/mol. The molecule has 0 spiro atoms. The Balaban J connectivity index is 1.59. The minimum absolute atomic E-state index is 0.128. The third-order valence-electron chi connectivity index (χ3n) is 6.17. The molecule has 3 aliphatic rings. The van der Waals surface area contributed by atoms with Crippen molar-refractivity contribution in [2.24, 2.45) is 5.92 Å². The van der Waals surface area contributed by atoms with E-state index in [2.05, 4.69) is 23.1 Å². The minimum Gasteiger partial charge on any atom is -0.497 e. The number of hydrogen-bond donors (Lipinski definition) is 0. The van der Waals surface area contributed by atoms with Crippen LogP contribution in [0.2, 0.25) is 0 Å². The molecule has 5 nitrogen and oxygen atoms in total. The first-order valence-corrected chi connectivity index (χ1v) is 9.55. The zero-order valence-electron chi connectivity index (χ0n) is 15.2. The van der Waals surface area contributed by atoms with Gasteiger partial charge in [-0.05, 0) is 61.8 Å². The Kier molecular flexibility index (Phi) is 4.59. The molecule has 0 radical (unpaired) electrons. The zero-order valence-corrected chi connectivity index (χ0v) is 15.2.